The van der Waals surface area contributed by atoms with Crippen molar-refractivity contribution in [3.05, 3.63) is 76.0 Å². The molecule has 2 aromatic carbocycles. The zero-order chi connectivity index (χ0) is 23.1. The molecule has 0 fully saturated rings. The Morgan fingerprint density at radius 1 is 0.938 bits per heavy atom. The van der Waals surface area contributed by atoms with Crippen LogP contribution in [0.5, 0.6) is 5.75 Å². The SMILES string of the molecule is O=C(O)CCNC(=O)c1ccc(CCOc2ccc(-c3ccc(C(F)(F)F)cc3)cc2)s1. The Morgan fingerprint density at radius 3 is 2.16 bits per heavy atom. The van der Waals surface area contributed by atoms with Gasteiger partial charge in [0, 0.05) is 17.8 Å². The van der Waals surface area contributed by atoms with Gasteiger partial charge in [-0.3, -0.25) is 9.59 Å². The number of carbonyl (C=O) groups excluding carboxylic acids is 1. The minimum atomic E-state index is -4.36. The summed E-state index contributed by atoms with van der Waals surface area (Å²) in [7, 11) is 0. The zero-order valence-electron chi connectivity index (χ0n) is 16.8. The molecule has 3 aromatic rings. The normalized spacial score (nSPS) is 11.2. The lowest BCUT2D eigenvalue weighted by atomic mass is 10.0. The van der Waals surface area contributed by atoms with E-state index in [4.69, 9.17) is 9.84 Å². The van der Waals surface area contributed by atoms with E-state index in [1.54, 1.807) is 30.3 Å². The molecule has 0 saturated heterocycles. The summed E-state index contributed by atoms with van der Waals surface area (Å²) in [5.41, 5.74) is 0.774. The minimum absolute atomic E-state index is 0.0764. The Balaban J connectivity index is 1.48. The molecule has 3 rings (SSSR count). The van der Waals surface area contributed by atoms with Crippen molar-refractivity contribution in [2.24, 2.45) is 0 Å². The van der Waals surface area contributed by atoms with Crippen LogP contribution in [0.3, 0.4) is 0 Å². The predicted molar refractivity (Wildman–Crippen MR) is 115 cm³/mol. The van der Waals surface area contributed by atoms with Gasteiger partial charge in [0.05, 0.1) is 23.5 Å². The largest absolute Gasteiger partial charge is 0.493 e. The van der Waals surface area contributed by atoms with Crippen LogP contribution < -0.4 is 10.1 Å². The minimum Gasteiger partial charge on any atom is -0.493 e. The summed E-state index contributed by atoms with van der Waals surface area (Å²) < 4.78 is 43.8. The van der Waals surface area contributed by atoms with Gasteiger partial charge in [0.15, 0.2) is 0 Å². The molecule has 1 amide bonds. The standard InChI is InChI=1S/C23H20F3NO4S/c24-23(25,26)17-5-1-15(2-6-17)16-3-7-18(8-4-16)31-14-12-19-9-10-20(32-19)22(30)27-13-11-21(28)29/h1-10H,11-14H2,(H,27,30)(H,28,29). The number of amides is 1. The number of alkyl halides is 3. The quantitative estimate of drug-likeness (QED) is 0.454. The highest BCUT2D eigenvalue weighted by atomic mass is 32.1. The predicted octanol–water partition coefficient (Wildman–Crippen LogP) is 5.26. The van der Waals surface area contributed by atoms with Crippen LogP contribution in [-0.4, -0.2) is 30.1 Å². The van der Waals surface area contributed by atoms with Gasteiger partial charge in [-0.1, -0.05) is 24.3 Å². The Bertz CT molecular complexity index is 1060. The van der Waals surface area contributed by atoms with E-state index in [2.05, 4.69) is 5.32 Å². The van der Waals surface area contributed by atoms with Gasteiger partial charge < -0.3 is 15.2 Å². The molecule has 0 aliphatic rings. The number of rotatable bonds is 9. The topological polar surface area (TPSA) is 75.6 Å². The summed E-state index contributed by atoms with van der Waals surface area (Å²) in [6.45, 7) is 0.465. The molecular formula is C23H20F3NO4S. The number of nitrogens with one attached hydrogen (secondary N) is 1. The molecule has 0 atom stereocenters. The first kappa shape index (κ1) is 23.3. The third kappa shape index (κ3) is 6.58. The van der Waals surface area contributed by atoms with Gasteiger partial charge in [-0.15, -0.1) is 11.3 Å². The van der Waals surface area contributed by atoms with E-state index in [0.717, 1.165) is 22.6 Å². The Hall–Kier alpha value is -3.33. The molecule has 9 heteroatoms. The number of hydrogen-bond donors (Lipinski definition) is 2. The highest BCUT2D eigenvalue weighted by molar-refractivity contribution is 7.14. The molecule has 0 bridgehead atoms. The Labute approximate surface area is 186 Å². The molecule has 32 heavy (non-hydrogen) atoms. The first-order chi connectivity index (χ1) is 15.2. The van der Waals surface area contributed by atoms with Crippen LogP contribution in [-0.2, 0) is 17.4 Å². The van der Waals surface area contributed by atoms with Crippen molar-refractivity contribution in [3.8, 4) is 16.9 Å². The lowest BCUT2D eigenvalue weighted by molar-refractivity contribution is -0.138. The molecule has 0 unspecified atom stereocenters. The summed E-state index contributed by atoms with van der Waals surface area (Å²) in [6, 6.07) is 15.6. The molecule has 2 N–H and O–H groups in total. The average molecular weight is 463 g/mol. The summed E-state index contributed by atoms with van der Waals surface area (Å²) in [4.78, 5) is 23.9. The van der Waals surface area contributed by atoms with Gasteiger partial charge in [-0.25, -0.2) is 0 Å². The van der Waals surface area contributed by atoms with Crippen LogP contribution in [0, 0.1) is 0 Å². The van der Waals surface area contributed by atoms with E-state index in [-0.39, 0.29) is 18.9 Å². The van der Waals surface area contributed by atoms with E-state index in [1.165, 1.54) is 23.5 Å². The number of carbonyl (C=O) groups is 2. The molecule has 0 aliphatic carbocycles. The van der Waals surface area contributed by atoms with E-state index < -0.39 is 17.7 Å². The van der Waals surface area contributed by atoms with Crippen molar-refractivity contribution in [1.82, 2.24) is 5.32 Å². The number of benzene rings is 2. The zero-order valence-corrected chi connectivity index (χ0v) is 17.6. The summed E-state index contributed by atoms with van der Waals surface area (Å²) in [6.07, 6.45) is -3.90. The lowest BCUT2D eigenvalue weighted by Gasteiger charge is -2.09. The maximum atomic E-state index is 12.7. The number of aliphatic carboxylic acids is 1. The maximum Gasteiger partial charge on any atom is 0.416 e. The van der Waals surface area contributed by atoms with E-state index >= 15 is 0 Å². The van der Waals surface area contributed by atoms with Crippen LogP contribution >= 0.6 is 11.3 Å². The molecule has 168 valence electrons. The van der Waals surface area contributed by atoms with Crippen LogP contribution in [0.15, 0.2) is 60.7 Å². The summed E-state index contributed by atoms with van der Waals surface area (Å²) in [5.74, 6) is -0.646. The summed E-state index contributed by atoms with van der Waals surface area (Å²) in [5, 5.41) is 11.2. The number of halogens is 3. The van der Waals surface area contributed by atoms with Gasteiger partial charge in [-0.2, -0.15) is 13.2 Å². The second-order valence-electron chi connectivity index (χ2n) is 6.86. The molecule has 1 heterocycles. The van der Waals surface area contributed by atoms with Crippen molar-refractivity contribution in [2.75, 3.05) is 13.2 Å². The van der Waals surface area contributed by atoms with Crippen LogP contribution in [0.4, 0.5) is 13.2 Å². The van der Waals surface area contributed by atoms with E-state index in [1.807, 2.05) is 6.07 Å². The second kappa shape index (κ2) is 10.3. The fraction of sp³-hybridized carbons (Fsp3) is 0.217. The van der Waals surface area contributed by atoms with Crippen LogP contribution in [0.1, 0.15) is 26.5 Å². The highest BCUT2D eigenvalue weighted by Gasteiger charge is 2.29. The van der Waals surface area contributed by atoms with Gasteiger partial charge in [0.1, 0.15) is 5.75 Å². The van der Waals surface area contributed by atoms with Crippen molar-refractivity contribution >= 4 is 23.2 Å². The Kier molecular flexibility index (Phi) is 7.53. The first-order valence-electron chi connectivity index (χ1n) is 9.71. The molecule has 0 aliphatic heterocycles. The number of ether oxygens (including phenoxy) is 1. The Morgan fingerprint density at radius 2 is 1.56 bits per heavy atom. The van der Waals surface area contributed by atoms with Crippen LogP contribution in [0.25, 0.3) is 11.1 Å². The summed E-state index contributed by atoms with van der Waals surface area (Å²) >= 11 is 1.32. The van der Waals surface area contributed by atoms with Gasteiger partial charge >= 0.3 is 12.1 Å². The lowest BCUT2D eigenvalue weighted by Crippen LogP contribution is -2.25. The maximum absolute atomic E-state index is 12.7. The highest BCUT2D eigenvalue weighted by Crippen LogP contribution is 2.31. The van der Waals surface area contributed by atoms with Gasteiger partial charge in [0.25, 0.3) is 5.91 Å². The first-order valence-corrected chi connectivity index (χ1v) is 10.5. The molecule has 1 aromatic heterocycles. The van der Waals surface area contributed by atoms with Crippen molar-refractivity contribution in [3.63, 3.8) is 0 Å². The van der Waals surface area contributed by atoms with Crippen molar-refractivity contribution < 1.29 is 32.6 Å². The number of thiophene rings is 1. The fourth-order valence-corrected chi connectivity index (χ4v) is 3.77. The second-order valence-corrected chi connectivity index (χ2v) is 8.03. The van der Waals surface area contributed by atoms with Crippen molar-refractivity contribution in [2.45, 2.75) is 19.0 Å². The molecule has 5 nitrogen and oxygen atoms in total. The third-order valence-corrected chi connectivity index (χ3v) is 5.67. The average Bonchev–Trinajstić information content (AvgIpc) is 3.22. The third-order valence-electron chi connectivity index (χ3n) is 4.53. The fourth-order valence-electron chi connectivity index (χ4n) is 2.87. The van der Waals surface area contributed by atoms with Gasteiger partial charge in [0.2, 0.25) is 0 Å². The van der Waals surface area contributed by atoms with E-state index in [9.17, 15) is 22.8 Å². The van der Waals surface area contributed by atoms with Crippen molar-refractivity contribution in [1.29, 1.82) is 0 Å². The molecule has 0 spiro atoms. The number of carboxylic acids is 1. The van der Waals surface area contributed by atoms with Crippen LogP contribution in [0.2, 0.25) is 0 Å². The monoisotopic (exact) mass is 463 g/mol. The molecule has 0 radical (unpaired) electrons. The molecular weight excluding hydrogens is 443 g/mol. The number of carboxylic acid groups (broad SMARTS) is 1. The molecule has 0 saturated carbocycles. The van der Waals surface area contributed by atoms with E-state index in [0.29, 0.717) is 29.2 Å². The number of hydrogen-bond acceptors (Lipinski definition) is 4. The van der Waals surface area contributed by atoms with Gasteiger partial charge in [-0.05, 0) is 47.5 Å². The smallest absolute Gasteiger partial charge is 0.416 e.